The zero-order valence-corrected chi connectivity index (χ0v) is 23.5. The van der Waals surface area contributed by atoms with Gasteiger partial charge in [-0.2, -0.15) is 0 Å². The van der Waals surface area contributed by atoms with Crippen LogP contribution in [-0.2, 0) is 24.4 Å². The Morgan fingerprint density at radius 2 is 1.29 bits per heavy atom. The molecule has 6 heteroatoms. The number of carbonyl (C=O) groups excluding carboxylic acids is 1. The standard InChI is InChI=1S/C35H35NO5/c1-38-31-16-14-29(23-34(31)41-25-28-11-7-4-8-12-28)21-30-15-18-35(37)36(30)20-19-26-13-17-32(33(22-26)39-2)40-24-27-9-5-3-6-10-27/h3-14,16-17,21-23H,15,18-20,24-25H2,1-2H3/b30-21+. The molecule has 0 unspecified atom stereocenters. The third-order valence-electron chi connectivity index (χ3n) is 7.09. The molecule has 4 aromatic carbocycles. The van der Waals surface area contributed by atoms with Crippen molar-refractivity contribution in [3.63, 3.8) is 0 Å². The van der Waals surface area contributed by atoms with E-state index in [1.807, 2.05) is 102 Å². The van der Waals surface area contributed by atoms with E-state index in [1.165, 1.54) is 0 Å². The van der Waals surface area contributed by atoms with Crippen LogP contribution in [0.15, 0.2) is 103 Å². The number of methoxy groups -OCH3 is 2. The van der Waals surface area contributed by atoms with Gasteiger partial charge >= 0.3 is 0 Å². The summed E-state index contributed by atoms with van der Waals surface area (Å²) in [6.45, 7) is 1.50. The number of nitrogens with zero attached hydrogens (tertiary/aromatic N) is 1. The van der Waals surface area contributed by atoms with Gasteiger partial charge in [0.15, 0.2) is 23.0 Å². The largest absolute Gasteiger partial charge is 0.493 e. The molecule has 0 spiro atoms. The lowest BCUT2D eigenvalue weighted by atomic mass is 10.1. The number of benzene rings is 4. The van der Waals surface area contributed by atoms with Crippen molar-refractivity contribution in [3.05, 3.63) is 125 Å². The second-order valence-corrected chi connectivity index (χ2v) is 9.88. The molecular formula is C35H35NO5. The highest BCUT2D eigenvalue weighted by atomic mass is 16.5. The third kappa shape index (κ3) is 7.28. The van der Waals surface area contributed by atoms with Crippen LogP contribution in [0.2, 0.25) is 0 Å². The molecule has 41 heavy (non-hydrogen) atoms. The van der Waals surface area contributed by atoms with Gasteiger partial charge in [0.2, 0.25) is 5.91 Å². The van der Waals surface area contributed by atoms with Crippen LogP contribution in [0.3, 0.4) is 0 Å². The average molecular weight is 550 g/mol. The first-order valence-electron chi connectivity index (χ1n) is 13.8. The summed E-state index contributed by atoms with van der Waals surface area (Å²) in [5, 5.41) is 0. The topological polar surface area (TPSA) is 57.2 Å². The summed E-state index contributed by atoms with van der Waals surface area (Å²) in [4.78, 5) is 14.7. The maximum Gasteiger partial charge on any atom is 0.227 e. The first kappa shape index (κ1) is 27.8. The van der Waals surface area contributed by atoms with E-state index < -0.39 is 0 Å². The SMILES string of the molecule is COc1cc(CCN2C(=O)CC/C2=C\c2ccc(OC)c(OCc3ccccc3)c2)ccc1OCc1ccccc1. The number of likely N-dealkylation sites (tertiary alicyclic amines) is 1. The summed E-state index contributed by atoms with van der Waals surface area (Å²) in [5.74, 6) is 2.86. The van der Waals surface area contributed by atoms with E-state index in [0.29, 0.717) is 62.0 Å². The van der Waals surface area contributed by atoms with Crippen molar-refractivity contribution in [2.45, 2.75) is 32.5 Å². The molecule has 6 nitrogen and oxygen atoms in total. The molecule has 5 rings (SSSR count). The smallest absolute Gasteiger partial charge is 0.227 e. The Labute approximate surface area is 241 Å². The molecular weight excluding hydrogens is 514 g/mol. The summed E-state index contributed by atoms with van der Waals surface area (Å²) in [6.07, 6.45) is 3.99. The Morgan fingerprint density at radius 3 is 1.95 bits per heavy atom. The van der Waals surface area contributed by atoms with E-state index in [0.717, 1.165) is 28.0 Å². The molecule has 4 aromatic rings. The number of amides is 1. The summed E-state index contributed by atoms with van der Waals surface area (Å²) < 4.78 is 23.2. The second kappa shape index (κ2) is 13.6. The fraction of sp³-hybridized carbons (Fsp3) is 0.229. The number of allylic oxidation sites excluding steroid dienone is 1. The van der Waals surface area contributed by atoms with Crippen LogP contribution in [-0.4, -0.2) is 31.6 Å². The number of hydrogen-bond donors (Lipinski definition) is 0. The van der Waals surface area contributed by atoms with Gasteiger partial charge < -0.3 is 23.8 Å². The van der Waals surface area contributed by atoms with Crippen molar-refractivity contribution in [3.8, 4) is 23.0 Å². The third-order valence-corrected chi connectivity index (χ3v) is 7.09. The lowest BCUT2D eigenvalue weighted by Gasteiger charge is -2.19. The zero-order chi connectivity index (χ0) is 28.4. The van der Waals surface area contributed by atoms with Crippen molar-refractivity contribution < 1.29 is 23.7 Å². The van der Waals surface area contributed by atoms with Gasteiger partial charge in [-0.15, -0.1) is 0 Å². The molecule has 0 aromatic heterocycles. The zero-order valence-electron chi connectivity index (χ0n) is 23.5. The molecule has 210 valence electrons. The summed E-state index contributed by atoms with van der Waals surface area (Å²) in [6, 6.07) is 31.9. The molecule has 0 atom stereocenters. The highest BCUT2D eigenvalue weighted by Gasteiger charge is 2.25. The van der Waals surface area contributed by atoms with Gasteiger partial charge in [-0.05, 0) is 65.4 Å². The van der Waals surface area contributed by atoms with Gasteiger partial charge in [-0.25, -0.2) is 0 Å². The monoisotopic (exact) mass is 549 g/mol. The van der Waals surface area contributed by atoms with Crippen molar-refractivity contribution >= 4 is 12.0 Å². The Kier molecular flexibility index (Phi) is 9.22. The van der Waals surface area contributed by atoms with Crippen molar-refractivity contribution in [2.24, 2.45) is 0 Å². The molecule has 0 aliphatic carbocycles. The maximum absolute atomic E-state index is 12.8. The summed E-state index contributed by atoms with van der Waals surface area (Å²) in [7, 11) is 3.28. The van der Waals surface area contributed by atoms with Gasteiger partial charge in [-0.1, -0.05) is 72.8 Å². The first-order valence-corrected chi connectivity index (χ1v) is 13.8. The van der Waals surface area contributed by atoms with Crippen LogP contribution < -0.4 is 18.9 Å². The maximum atomic E-state index is 12.8. The van der Waals surface area contributed by atoms with E-state index in [4.69, 9.17) is 18.9 Å². The lowest BCUT2D eigenvalue weighted by molar-refractivity contribution is -0.126. The second-order valence-electron chi connectivity index (χ2n) is 9.88. The van der Waals surface area contributed by atoms with Crippen molar-refractivity contribution in [1.82, 2.24) is 4.90 Å². The van der Waals surface area contributed by atoms with Crippen LogP contribution in [0.1, 0.15) is 35.1 Å². The molecule has 1 aliphatic rings. The molecule has 0 radical (unpaired) electrons. The fourth-order valence-corrected chi connectivity index (χ4v) is 4.87. The van der Waals surface area contributed by atoms with E-state index in [9.17, 15) is 4.79 Å². The van der Waals surface area contributed by atoms with Crippen molar-refractivity contribution in [1.29, 1.82) is 0 Å². The molecule has 1 amide bonds. The Morgan fingerprint density at radius 1 is 0.659 bits per heavy atom. The molecule has 1 aliphatic heterocycles. The van der Waals surface area contributed by atoms with Crippen LogP contribution >= 0.6 is 0 Å². The molecule has 1 saturated heterocycles. The fourth-order valence-electron chi connectivity index (χ4n) is 4.87. The summed E-state index contributed by atoms with van der Waals surface area (Å²) >= 11 is 0. The Bertz CT molecular complexity index is 1480. The summed E-state index contributed by atoms with van der Waals surface area (Å²) in [5.41, 5.74) is 5.22. The molecule has 0 N–H and O–H groups in total. The Balaban J connectivity index is 1.25. The van der Waals surface area contributed by atoms with Crippen LogP contribution in [0, 0.1) is 0 Å². The van der Waals surface area contributed by atoms with E-state index in [-0.39, 0.29) is 5.91 Å². The highest BCUT2D eigenvalue weighted by molar-refractivity contribution is 5.83. The quantitative estimate of drug-likeness (QED) is 0.189. The molecule has 0 bridgehead atoms. The molecule has 1 fully saturated rings. The normalized spacial score (nSPS) is 13.9. The van der Waals surface area contributed by atoms with Gasteiger partial charge in [0, 0.05) is 18.7 Å². The van der Waals surface area contributed by atoms with Crippen LogP contribution in [0.4, 0.5) is 0 Å². The van der Waals surface area contributed by atoms with E-state index >= 15 is 0 Å². The minimum Gasteiger partial charge on any atom is -0.493 e. The molecule has 0 saturated carbocycles. The van der Waals surface area contributed by atoms with Crippen LogP contribution in [0.5, 0.6) is 23.0 Å². The van der Waals surface area contributed by atoms with Crippen molar-refractivity contribution in [2.75, 3.05) is 20.8 Å². The lowest BCUT2D eigenvalue weighted by Crippen LogP contribution is -2.25. The number of hydrogen-bond acceptors (Lipinski definition) is 5. The number of rotatable bonds is 12. The minimum atomic E-state index is 0.139. The van der Waals surface area contributed by atoms with Gasteiger partial charge in [0.05, 0.1) is 14.2 Å². The van der Waals surface area contributed by atoms with Gasteiger partial charge in [0.1, 0.15) is 13.2 Å². The first-order chi connectivity index (χ1) is 20.1. The predicted molar refractivity (Wildman–Crippen MR) is 160 cm³/mol. The van der Waals surface area contributed by atoms with Gasteiger partial charge in [-0.3, -0.25) is 4.79 Å². The number of carbonyl (C=O) groups is 1. The van der Waals surface area contributed by atoms with Crippen LogP contribution in [0.25, 0.3) is 6.08 Å². The highest BCUT2D eigenvalue weighted by Crippen LogP contribution is 2.33. The Hall–Kier alpha value is -4.71. The van der Waals surface area contributed by atoms with Gasteiger partial charge in [0.25, 0.3) is 0 Å². The number of ether oxygens (including phenoxy) is 4. The minimum absolute atomic E-state index is 0.139. The van der Waals surface area contributed by atoms with E-state index in [1.54, 1.807) is 14.2 Å². The van der Waals surface area contributed by atoms with E-state index in [2.05, 4.69) is 6.08 Å². The molecule has 1 heterocycles. The average Bonchev–Trinajstić information content (AvgIpc) is 3.37. The predicted octanol–water partition coefficient (Wildman–Crippen LogP) is 7.07.